The van der Waals surface area contributed by atoms with Gasteiger partial charge in [0.2, 0.25) is 5.91 Å². The number of aromatic nitrogens is 2. The predicted octanol–water partition coefficient (Wildman–Crippen LogP) is 2.46. The van der Waals surface area contributed by atoms with Gasteiger partial charge in [-0.1, -0.05) is 12.1 Å². The van der Waals surface area contributed by atoms with Crippen LogP contribution in [-0.4, -0.2) is 33.0 Å². The van der Waals surface area contributed by atoms with Crippen molar-refractivity contribution < 1.29 is 4.79 Å². The van der Waals surface area contributed by atoms with Crippen molar-refractivity contribution in [3.05, 3.63) is 39.4 Å². The van der Waals surface area contributed by atoms with Crippen molar-refractivity contribution in [3.8, 4) is 0 Å². The summed E-state index contributed by atoms with van der Waals surface area (Å²) in [5.74, 6) is 2.13. The molecule has 2 heterocycles. The molecule has 0 radical (unpaired) electrons. The van der Waals surface area contributed by atoms with Crippen LogP contribution in [0.2, 0.25) is 0 Å². The maximum atomic E-state index is 12.5. The number of carbonyl (C=O) groups excluding carboxylic acids is 1. The summed E-state index contributed by atoms with van der Waals surface area (Å²) in [6.07, 6.45) is 2.44. The molecule has 1 aromatic heterocycles. The van der Waals surface area contributed by atoms with E-state index in [2.05, 4.69) is 10.3 Å². The second kappa shape index (κ2) is 7.31. The van der Waals surface area contributed by atoms with Crippen LogP contribution in [0.1, 0.15) is 19.3 Å². The first kappa shape index (κ1) is 16.3. The van der Waals surface area contributed by atoms with Crippen LogP contribution >= 0.6 is 24.0 Å². The van der Waals surface area contributed by atoms with E-state index >= 15 is 0 Å². The van der Waals surface area contributed by atoms with Crippen molar-refractivity contribution in [2.75, 3.05) is 11.5 Å². The highest BCUT2D eigenvalue weighted by Crippen LogP contribution is 2.16. The lowest BCUT2D eigenvalue weighted by Gasteiger charge is -2.22. The number of aromatic amines is 1. The third-order valence-corrected chi connectivity index (χ3v) is 5.52. The van der Waals surface area contributed by atoms with Crippen LogP contribution in [0.5, 0.6) is 0 Å². The zero-order chi connectivity index (χ0) is 16.2. The molecule has 0 unspecified atom stereocenters. The van der Waals surface area contributed by atoms with E-state index in [9.17, 15) is 9.59 Å². The van der Waals surface area contributed by atoms with Gasteiger partial charge in [-0.2, -0.15) is 11.8 Å². The monoisotopic (exact) mass is 349 g/mol. The molecule has 1 amide bonds. The first-order valence-electron chi connectivity index (χ1n) is 7.74. The van der Waals surface area contributed by atoms with E-state index in [0.29, 0.717) is 16.7 Å². The summed E-state index contributed by atoms with van der Waals surface area (Å²) in [7, 11) is 0. The van der Waals surface area contributed by atoms with E-state index in [1.54, 1.807) is 6.07 Å². The Hall–Kier alpha value is -1.60. The minimum atomic E-state index is -0.148. The van der Waals surface area contributed by atoms with E-state index in [4.69, 9.17) is 12.2 Å². The molecule has 0 saturated carbocycles. The van der Waals surface area contributed by atoms with Crippen LogP contribution in [0.3, 0.4) is 0 Å². The van der Waals surface area contributed by atoms with Crippen LogP contribution < -0.4 is 10.9 Å². The lowest BCUT2D eigenvalue weighted by Crippen LogP contribution is -2.39. The number of rotatable bonds is 4. The van der Waals surface area contributed by atoms with Crippen molar-refractivity contribution in [2.24, 2.45) is 0 Å². The number of hydrogen-bond donors (Lipinski definition) is 2. The van der Waals surface area contributed by atoms with Gasteiger partial charge in [-0.25, -0.2) is 0 Å². The number of H-pyrrole nitrogens is 1. The second-order valence-corrected chi connectivity index (χ2v) is 7.20. The smallest absolute Gasteiger partial charge is 0.262 e. The van der Waals surface area contributed by atoms with Crippen LogP contribution in [0.15, 0.2) is 29.1 Å². The van der Waals surface area contributed by atoms with Crippen molar-refractivity contribution in [1.29, 1.82) is 0 Å². The zero-order valence-electron chi connectivity index (χ0n) is 12.7. The number of nitrogens with one attached hydrogen (secondary N) is 2. The second-order valence-electron chi connectivity index (χ2n) is 5.66. The van der Waals surface area contributed by atoms with Crippen LogP contribution in [0.25, 0.3) is 10.9 Å². The number of hydrogen-bond acceptors (Lipinski definition) is 4. The molecule has 1 aliphatic rings. The summed E-state index contributed by atoms with van der Waals surface area (Å²) in [5, 5.41) is 3.63. The summed E-state index contributed by atoms with van der Waals surface area (Å²) in [5.41, 5.74) is 0.577. The van der Waals surface area contributed by atoms with Gasteiger partial charge in [0.15, 0.2) is 4.77 Å². The maximum Gasteiger partial charge on any atom is 0.262 e. The number of benzene rings is 1. The zero-order valence-corrected chi connectivity index (χ0v) is 14.3. The Labute approximate surface area is 143 Å². The van der Waals surface area contributed by atoms with Gasteiger partial charge < -0.3 is 10.3 Å². The largest absolute Gasteiger partial charge is 0.352 e. The molecule has 1 aromatic carbocycles. The molecule has 0 aliphatic carbocycles. The quantitative estimate of drug-likeness (QED) is 0.832. The summed E-state index contributed by atoms with van der Waals surface area (Å²) in [4.78, 5) is 27.6. The van der Waals surface area contributed by atoms with Crippen LogP contribution in [-0.2, 0) is 11.3 Å². The predicted molar refractivity (Wildman–Crippen MR) is 96.5 cm³/mol. The van der Waals surface area contributed by atoms with Crippen molar-refractivity contribution >= 4 is 40.8 Å². The average molecular weight is 349 g/mol. The van der Waals surface area contributed by atoms with Gasteiger partial charge in [0, 0.05) is 24.8 Å². The highest BCUT2D eigenvalue weighted by molar-refractivity contribution is 7.99. The molecule has 1 fully saturated rings. The van der Waals surface area contributed by atoms with Crippen molar-refractivity contribution in [2.45, 2.75) is 31.8 Å². The summed E-state index contributed by atoms with van der Waals surface area (Å²) in [6, 6.07) is 7.51. The third kappa shape index (κ3) is 3.84. The number of para-hydroxylation sites is 1. The standard InChI is InChI=1S/C16H19N3O2S2/c20-14(17-11-4-3-9-23-10-11)7-8-19-15(21)12-5-1-2-6-13(12)18-16(19)22/h1-2,5-6,11H,3-4,7-10H2,(H,17,20)(H,18,22)/t11-/m1/s1. The third-order valence-electron chi connectivity index (χ3n) is 3.98. The topological polar surface area (TPSA) is 66.9 Å². The fourth-order valence-electron chi connectivity index (χ4n) is 2.77. The van der Waals surface area contributed by atoms with E-state index in [1.165, 1.54) is 10.3 Å². The molecule has 1 saturated heterocycles. The molecule has 2 aromatic rings. The average Bonchev–Trinajstić information content (AvgIpc) is 2.55. The first-order valence-corrected chi connectivity index (χ1v) is 9.30. The summed E-state index contributed by atoms with van der Waals surface area (Å²) in [6.45, 7) is 0.296. The molecular formula is C16H19N3O2S2. The van der Waals surface area contributed by atoms with Crippen molar-refractivity contribution in [1.82, 2.24) is 14.9 Å². The molecule has 23 heavy (non-hydrogen) atoms. The molecule has 5 nitrogen and oxygen atoms in total. The fourth-order valence-corrected chi connectivity index (χ4v) is 4.13. The van der Waals surface area contributed by atoms with Gasteiger partial charge in [0.1, 0.15) is 0 Å². The van der Waals surface area contributed by atoms with Gasteiger partial charge in [-0.15, -0.1) is 0 Å². The number of fused-ring (bicyclic) bond motifs is 1. The number of amides is 1. The minimum Gasteiger partial charge on any atom is -0.352 e. The van der Waals surface area contributed by atoms with E-state index < -0.39 is 0 Å². The number of thioether (sulfide) groups is 1. The number of nitrogens with zero attached hydrogens (tertiary/aromatic N) is 1. The van der Waals surface area contributed by atoms with E-state index in [0.717, 1.165) is 24.1 Å². The minimum absolute atomic E-state index is 0.0213. The van der Waals surface area contributed by atoms with Gasteiger partial charge in [-0.05, 0) is 42.9 Å². The van der Waals surface area contributed by atoms with Crippen LogP contribution in [0.4, 0.5) is 0 Å². The summed E-state index contributed by atoms with van der Waals surface area (Å²) >= 11 is 7.13. The molecule has 3 rings (SSSR count). The lowest BCUT2D eigenvalue weighted by molar-refractivity contribution is -0.121. The Bertz CT molecular complexity index is 822. The normalized spacial score (nSPS) is 18.0. The molecular weight excluding hydrogens is 330 g/mol. The fraction of sp³-hybridized carbons (Fsp3) is 0.438. The van der Waals surface area contributed by atoms with Gasteiger partial charge in [0.05, 0.1) is 10.9 Å². The van der Waals surface area contributed by atoms with Gasteiger partial charge >= 0.3 is 0 Å². The van der Waals surface area contributed by atoms with Crippen molar-refractivity contribution in [3.63, 3.8) is 0 Å². The molecule has 1 aliphatic heterocycles. The Morgan fingerprint density at radius 3 is 3.04 bits per heavy atom. The summed E-state index contributed by atoms with van der Waals surface area (Å²) < 4.78 is 1.82. The van der Waals surface area contributed by atoms with E-state index in [1.807, 2.05) is 30.0 Å². The molecule has 2 N–H and O–H groups in total. The number of carbonyl (C=O) groups is 1. The Morgan fingerprint density at radius 2 is 2.26 bits per heavy atom. The maximum absolute atomic E-state index is 12.5. The molecule has 0 spiro atoms. The van der Waals surface area contributed by atoms with Crippen LogP contribution in [0, 0.1) is 4.77 Å². The highest BCUT2D eigenvalue weighted by atomic mass is 32.2. The molecule has 122 valence electrons. The Morgan fingerprint density at radius 1 is 1.43 bits per heavy atom. The van der Waals surface area contributed by atoms with Gasteiger partial charge in [-0.3, -0.25) is 14.2 Å². The molecule has 1 atom stereocenters. The van der Waals surface area contributed by atoms with E-state index in [-0.39, 0.29) is 23.9 Å². The Balaban J connectivity index is 1.70. The highest BCUT2D eigenvalue weighted by Gasteiger charge is 2.16. The molecule has 7 heteroatoms. The molecule has 0 bridgehead atoms. The lowest BCUT2D eigenvalue weighted by atomic mass is 10.2. The van der Waals surface area contributed by atoms with Gasteiger partial charge in [0.25, 0.3) is 5.56 Å². The SMILES string of the molecule is O=C(CCn1c(=S)[nH]c2ccccc2c1=O)N[C@@H]1CCCSC1. The first-order chi connectivity index (χ1) is 11.1. The Kier molecular flexibility index (Phi) is 5.17.